The molecule has 4 aliphatic rings. The lowest BCUT2D eigenvalue weighted by atomic mass is 9.84. The van der Waals surface area contributed by atoms with Gasteiger partial charge in [-0.05, 0) is 19.3 Å². The van der Waals surface area contributed by atoms with Gasteiger partial charge in [0.2, 0.25) is 5.91 Å². The predicted octanol–water partition coefficient (Wildman–Crippen LogP) is 2.61. The summed E-state index contributed by atoms with van der Waals surface area (Å²) in [6, 6.07) is 1.08. The summed E-state index contributed by atoms with van der Waals surface area (Å²) < 4.78 is 43.1. The van der Waals surface area contributed by atoms with Crippen LogP contribution in [0.4, 0.5) is 13.2 Å². The summed E-state index contributed by atoms with van der Waals surface area (Å²) in [6.45, 7) is 1.12. The van der Waals surface area contributed by atoms with Crippen LogP contribution in [0.15, 0.2) is 53.2 Å². The SMILES string of the molecule is O=C(NCc1c(F)cc(F)cc1F)C1=CN2C(=CC1)C(n1ccnn1)N1CCCC3(CC=NO3)C2C1. The summed E-state index contributed by atoms with van der Waals surface area (Å²) in [5.74, 6) is -3.56. The lowest BCUT2D eigenvalue weighted by Gasteiger charge is -2.51. The van der Waals surface area contributed by atoms with E-state index in [1.807, 2.05) is 12.3 Å². The van der Waals surface area contributed by atoms with Gasteiger partial charge in [0.15, 0.2) is 5.60 Å². The zero-order chi connectivity index (χ0) is 24.9. The van der Waals surface area contributed by atoms with Crippen molar-refractivity contribution in [1.82, 2.24) is 30.1 Å². The maximum absolute atomic E-state index is 14.0. The van der Waals surface area contributed by atoms with E-state index >= 15 is 0 Å². The van der Waals surface area contributed by atoms with Crippen LogP contribution in [0, 0.1) is 17.5 Å². The van der Waals surface area contributed by atoms with Gasteiger partial charge in [-0.2, -0.15) is 0 Å². The highest BCUT2D eigenvalue weighted by Gasteiger charge is 2.53. The normalized spacial score (nSPS) is 28.8. The fraction of sp³-hybridized carbons (Fsp3) is 0.417. The van der Waals surface area contributed by atoms with Crippen LogP contribution in [-0.4, -0.2) is 61.6 Å². The van der Waals surface area contributed by atoms with Crippen LogP contribution in [0.3, 0.4) is 0 Å². The van der Waals surface area contributed by atoms with E-state index in [1.165, 1.54) is 0 Å². The molecule has 1 aromatic heterocycles. The second-order valence-electron chi connectivity index (χ2n) is 9.44. The van der Waals surface area contributed by atoms with Crippen LogP contribution in [0.2, 0.25) is 0 Å². The highest BCUT2D eigenvalue weighted by Crippen LogP contribution is 2.45. The van der Waals surface area contributed by atoms with Gasteiger partial charge in [-0.25, -0.2) is 17.9 Å². The number of allylic oxidation sites excluding steroid dienone is 1. The van der Waals surface area contributed by atoms with Gasteiger partial charge in [-0.15, -0.1) is 5.10 Å². The first-order chi connectivity index (χ1) is 17.4. The number of nitrogens with zero attached hydrogens (tertiary/aromatic N) is 6. The molecule has 0 saturated carbocycles. The van der Waals surface area contributed by atoms with Crippen LogP contribution in [0.25, 0.3) is 0 Å². The molecule has 4 atom stereocenters. The van der Waals surface area contributed by atoms with E-state index in [1.54, 1.807) is 23.3 Å². The minimum atomic E-state index is -1.04. The topological polar surface area (TPSA) is 87.9 Å². The van der Waals surface area contributed by atoms with Gasteiger partial charge < -0.3 is 15.1 Å². The quantitative estimate of drug-likeness (QED) is 0.696. The third kappa shape index (κ3) is 3.76. The van der Waals surface area contributed by atoms with Gasteiger partial charge >= 0.3 is 0 Å². The Kier molecular flexibility index (Phi) is 5.55. The van der Waals surface area contributed by atoms with Crippen molar-refractivity contribution in [3.05, 3.63) is 71.1 Å². The molecule has 188 valence electrons. The summed E-state index contributed by atoms with van der Waals surface area (Å²) in [5.41, 5.74) is 0.486. The molecule has 1 N–H and O–H groups in total. The molecule has 2 saturated heterocycles. The molecule has 2 aromatic rings. The second kappa shape index (κ2) is 8.77. The summed E-state index contributed by atoms with van der Waals surface area (Å²) in [6.07, 6.45) is 11.5. The van der Waals surface area contributed by atoms with Crippen molar-refractivity contribution in [3.8, 4) is 0 Å². The highest BCUT2D eigenvalue weighted by atomic mass is 19.1. The lowest BCUT2D eigenvalue weighted by molar-refractivity contribution is -0.118. The molecule has 2 bridgehead atoms. The second-order valence-corrected chi connectivity index (χ2v) is 9.44. The average molecular weight is 499 g/mol. The molecule has 1 aromatic carbocycles. The van der Waals surface area contributed by atoms with Gasteiger partial charge in [0.05, 0.1) is 17.9 Å². The fourth-order valence-corrected chi connectivity index (χ4v) is 5.64. The molecule has 2 fully saturated rings. The number of hydrogen-bond acceptors (Lipinski definition) is 7. The average Bonchev–Trinajstić information content (AvgIpc) is 3.52. The van der Waals surface area contributed by atoms with Crippen LogP contribution in [0.1, 0.15) is 37.4 Å². The van der Waals surface area contributed by atoms with E-state index in [0.717, 1.165) is 25.1 Å². The molecular weight excluding hydrogens is 475 g/mol. The number of halogens is 3. The maximum atomic E-state index is 14.0. The Morgan fingerprint density at radius 3 is 2.81 bits per heavy atom. The first-order valence-electron chi connectivity index (χ1n) is 11.9. The molecule has 4 unspecified atom stereocenters. The summed E-state index contributed by atoms with van der Waals surface area (Å²) >= 11 is 0. The first kappa shape index (κ1) is 22.8. The molecule has 5 heterocycles. The van der Waals surface area contributed by atoms with Gasteiger partial charge in [0.25, 0.3) is 0 Å². The van der Waals surface area contributed by atoms with Crippen molar-refractivity contribution >= 4 is 12.1 Å². The van der Waals surface area contributed by atoms with Crippen molar-refractivity contribution in [2.45, 2.75) is 50.0 Å². The number of carbonyl (C=O) groups excluding carboxylic acids is 1. The van der Waals surface area contributed by atoms with E-state index in [4.69, 9.17) is 4.84 Å². The monoisotopic (exact) mass is 499 g/mol. The zero-order valence-electron chi connectivity index (χ0n) is 19.3. The molecule has 36 heavy (non-hydrogen) atoms. The standard InChI is InChI=1S/C24H24F3N7O2/c25-16-10-18(26)17(19(27)11-16)12-28-22(35)15-2-3-20-23(34-9-7-29-31-34)32-8-1-4-24(5-6-30-36-24)21(14-32)33(20)13-15/h3,6-7,9-11,13,21,23H,1-2,4-5,8,12,14H2,(H,28,35). The molecule has 1 amide bonds. The molecule has 9 nitrogen and oxygen atoms in total. The zero-order valence-corrected chi connectivity index (χ0v) is 19.3. The van der Waals surface area contributed by atoms with Gasteiger partial charge in [0, 0.05) is 67.9 Å². The number of fused-ring (bicyclic) bond motifs is 5. The Morgan fingerprint density at radius 1 is 1.25 bits per heavy atom. The number of hydrogen-bond donors (Lipinski definition) is 1. The Labute approximate surface area is 204 Å². The van der Waals surface area contributed by atoms with Gasteiger partial charge in [0.1, 0.15) is 23.6 Å². The molecule has 0 radical (unpaired) electrons. The first-order valence-corrected chi connectivity index (χ1v) is 11.9. The summed E-state index contributed by atoms with van der Waals surface area (Å²) in [7, 11) is 0. The van der Waals surface area contributed by atoms with Crippen molar-refractivity contribution in [2.75, 3.05) is 13.1 Å². The third-order valence-corrected chi connectivity index (χ3v) is 7.39. The maximum Gasteiger partial charge on any atom is 0.249 e. The third-order valence-electron chi connectivity index (χ3n) is 7.39. The number of aromatic nitrogens is 3. The predicted molar refractivity (Wildman–Crippen MR) is 121 cm³/mol. The number of nitrogens with one attached hydrogen (secondary N) is 1. The number of benzene rings is 1. The Bertz CT molecular complexity index is 1250. The number of piperazine rings is 1. The van der Waals surface area contributed by atoms with E-state index in [2.05, 4.69) is 30.6 Å². The van der Waals surface area contributed by atoms with Gasteiger partial charge in [-0.1, -0.05) is 16.4 Å². The number of carbonyl (C=O) groups is 1. The molecule has 0 aliphatic carbocycles. The van der Waals surface area contributed by atoms with Crippen LogP contribution in [-0.2, 0) is 16.2 Å². The Morgan fingerprint density at radius 2 is 2.08 bits per heavy atom. The minimum absolute atomic E-state index is 0.108. The van der Waals surface area contributed by atoms with Crippen LogP contribution < -0.4 is 5.32 Å². The van der Waals surface area contributed by atoms with E-state index < -0.39 is 41.1 Å². The van der Waals surface area contributed by atoms with Crippen molar-refractivity contribution in [1.29, 1.82) is 0 Å². The highest BCUT2D eigenvalue weighted by molar-refractivity contribution is 5.93. The summed E-state index contributed by atoms with van der Waals surface area (Å²) in [4.78, 5) is 23.4. The number of rotatable bonds is 4. The van der Waals surface area contributed by atoms with E-state index in [-0.39, 0.29) is 12.2 Å². The van der Waals surface area contributed by atoms with Crippen molar-refractivity contribution < 1.29 is 22.8 Å². The van der Waals surface area contributed by atoms with Crippen molar-refractivity contribution in [3.63, 3.8) is 0 Å². The molecule has 4 aliphatic heterocycles. The largest absolute Gasteiger partial charge is 0.387 e. The number of oxime groups is 1. The summed E-state index contributed by atoms with van der Waals surface area (Å²) in [5, 5.41) is 14.9. The molecule has 12 heteroatoms. The smallest absolute Gasteiger partial charge is 0.249 e. The molecule has 6 rings (SSSR count). The van der Waals surface area contributed by atoms with Crippen LogP contribution in [0.5, 0.6) is 0 Å². The Balaban J connectivity index is 1.29. The lowest BCUT2D eigenvalue weighted by Crippen LogP contribution is -2.60. The van der Waals surface area contributed by atoms with Crippen molar-refractivity contribution in [2.24, 2.45) is 5.16 Å². The molecule has 1 spiro atoms. The fourth-order valence-electron chi connectivity index (χ4n) is 5.64. The molecular formula is C24H24F3N7O2. The van der Waals surface area contributed by atoms with Gasteiger partial charge in [-0.3, -0.25) is 9.69 Å². The Hall–Kier alpha value is -3.67. The number of amides is 1. The van der Waals surface area contributed by atoms with Crippen LogP contribution >= 0.6 is 0 Å². The van der Waals surface area contributed by atoms with E-state index in [9.17, 15) is 18.0 Å². The minimum Gasteiger partial charge on any atom is -0.387 e. The van der Waals surface area contributed by atoms with E-state index in [0.29, 0.717) is 37.1 Å².